The quantitative estimate of drug-likeness (QED) is 0.532. The van der Waals surface area contributed by atoms with E-state index < -0.39 is 9.84 Å². The maximum Gasteiger partial charge on any atom is 0.266 e. The maximum atomic E-state index is 12.7. The van der Waals surface area contributed by atoms with Crippen molar-refractivity contribution in [2.45, 2.75) is 12.5 Å². The number of thiocarbonyl (C=S) groups is 1. The van der Waals surface area contributed by atoms with Crippen molar-refractivity contribution >= 4 is 61.7 Å². The van der Waals surface area contributed by atoms with Crippen LogP contribution < -0.4 is 0 Å². The highest BCUT2D eigenvalue weighted by Crippen LogP contribution is 2.37. The maximum absolute atomic E-state index is 12.7. The summed E-state index contributed by atoms with van der Waals surface area (Å²) >= 11 is 12.7. The second-order valence-corrected chi connectivity index (χ2v) is 10.6. The number of amides is 1. The molecule has 0 radical (unpaired) electrons. The highest BCUT2D eigenvalue weighted by Gasteiger charge is 2.42. The van der Waals surface area contributed by atoms with Crippen LogP contribution in [0.4, 0.5) is 0 Å². The molecule has 1 atom stereocenters. The summed E-state index contributed by atoms with van der Waals surface area (Å²) in [6.07, 6.45) is 2.04. The van der Waals surface area contributed by atoms with Gasteiger partial charge < -0.3 is 4.42 Å². The monoisotopic (exact) mass is 439 g/mol. The van der Waals surface area contributed by atoms with Crippen LogP contribution in [-0.2, 0) is 14.6 Å². The summed E-state index contributed by atoms with van der Waals surface area (Å²) in [6, 6.07) is 10.5. The minimum atomic E-state index is -3.10. The molecular weight excluding hydrogens is 426 g/mol. The fourth-order valence-corrected chi connectivity index (χ4v) is 6.45. The topological polar surface area (TPSA) is 67.6 Å². The zero-order valence-electron chi connectivity index (χ0n) is 13.9. The fraction of sp³-hybridized carbons (Fsp3) is 0.222. The summed E-state index contributed by atoms with van der Waals surface area (Å²) < 4.78 is 29.6. The lowest BCUT2D eigenvalue weighted by Gasteiger charge is -2.20. The fourth-order valence-electron chi connectivity index (χ4n) is 3.14. The number of thioether (sulfide) groups is 1. The lowest BCUT2D eigenvalue weighted by molar-refractivity contribution is -0.123. The van der Waals surface area contributed by atoms with Gasteiger partial charge in [-0.25, -0.2) is 8.42 Å². The molecule has 1 amide bonds. The lowest BCUT2D eigenvalue weighted by atomic mass is 10.2. The van der Waals surface area contributed by atoms with E-state index in [9.17, 15) is 13.2 Å². The number of furan rings is 1. The SMILES string of the molecule is O=C1/C(=C\c2ccc(-c3ccccc3Cl)o2)SC(=S)N1[C@H]1CCS(=O)(=O)C1. The second kappa shape index (κ2) is 7.09. The van der Waals surface area contributed by atoms with Crippen LogP contribution in [0.25, 0.3) is 17.4 Å². The highest BCUT2D eigenvalue weighted by molar-refractivity contribution is 8.26. The Morgan fingerprint density at radius 3 is 2.74 bits per heavy atom. The molecule has 140 valence electrons. The molecular formula is C18H14ClNO4S3. The average Bonchev–Trinajstić information content (AvgIpc) is 3.27. The molecule has 0 aliphatic carbocycles. The van der Waals surface area contributed by atoms with Crippen molar-refractivity contribution in [2.75, 3.05) is 11.5 Å². The number of carbonyl (C=O) groups excluding carboxylic acids is 1. The van der Waals surface area contributed by atoms with Crippen LogP contribution >= 0.6 is 35.6 Å². The number of sulfone groups is 1. The molecule has 5 nitrogen and oxygen atoms in total. The Morgan fingerprint density at radius 1 is 1.26 bits per heavy atom. The van der Waals surface area contributed by atoms with Gasteiger partial charge in [-0.15, -0.1) is 0 Å². The van der Waals surface area contributed by atoms with Crippen LogP contribution in [0.2, 0.25) is 5.02 Å². The number of nitrogens with zero attached hydrogens (tertiary/aromatic N) is 1. The molecule has 4 rings (SSSR count). The Morgan fingerprint density at radius 2 is 2.04 bits per heavy atom. The van der Waals surface area contributed by atoms with Gasteiger partial charge in [-0.3, -0.25) is 9.69 Å². The molecule has 1 aromatic heterocycles. The lowest BCUT2D eigenvalue weighted by Crippen LogP contribution is -2.39. The van der Waals surface area contributed by atoms with Crippen molar-refractivity contribution in [1.29, 1.82) is 0 Å². The summed E-state index contributed by atoms with van der Waals surface area (Å²) in [6.45, 7) is 0. The number of hydrogen-bond donors (Lipinski definition) is 0. The normalized spacial score (nSPS) is 23.5. The van der Waals surface area contributed by atoms with Gasteiger partial charge in [0.05, 0.1) is 27.5 Å². The van der Waals surface area contributed by atoms with Gasteiger partial charge in [-0.2, -0.15) is 0 Å². The number of benzene rings is 1. The molecule has 2 aliphatic heterocycles. The average molecular weight is 440 g/mol. The van der Waals surface area contributed by atoms with E-state index in [1.807, 2.05) is 18.2 Å². The van der Waals surface area contributed by atoms with Crippen molar-refractivity contribution in [3.8, 4) is 11.3 Å². The van der Waals surface area contributed by atoms with Crippen LogP contribution in [0, 0.1) is 0 Å². The molecule has 2 saturated heterocycles. The van der Waals surface area contributed by atoms with Gasteiger partial charge in [0.1, 0.15) is 15.8 Å². The Hall–Kier alpha value is -1.61. The van der Waals surface area contributed by atoms with Crippen molar-refractivity contribution < 1.29 is 17.6 Å². The molecule has 0 bridgehead atoms. The Bertz CT molecular complexity index is 1070. The minimum absolute atomic E-state index is 0.0376. The molecule has 3 heterocycles. The molecule has 2 fully saturated rings. The van der Waals surface area contributed by atoms with Gasteiger partial charge >= 0.3 is 0 Å². The summed E-state index contributed by atoms with van der Waals surface area (Å²) in [5.41, 5.74) is 0.766. The van der Waals surface area contributed by atoms with E-state index >= 15 is 0 Å². The third kappa shape index (κ3) is 3.71. The van der Waals surface area contributed by atoms with Gasteiger partial charge in [0, 0.05) is 11.6 Å². The Kier molecular flexibility index (Phi) is 4.92. The van der Waals surface area contributed by atoms with E-state index in [1.54, 1.807) is 24.3 Å². The molecule has 2 aliphatic rings. The smallest absolute Gasteiger partial charge is 0.266 e. The molecule has 9 heteroatoms. The first-order valence-corrected chi connectivity index (χ1v) is 11.6. The molecule has 1 aromatic carbocycles. The predicted octanol–water partition coefficient (Wildman–Crippen LogP) is 3.99. The highest BCUT2D eigenvalue weighted by atomic mass is 35.5. The zero-order chi connectivity index (χ0) is 19.2. The summed E-state index contributed by atoms with van der Waals surface area (Å²) in [5, 5.41) is 0.576. The van der Waals surface area contributed by atoms with E-state index in [0.29, 0.717) is 32.2 Å². The van der Waals surface area contributed by atoms with E-state index in [-0.39, 0.29) is 23.5 Å². The van der Waals surface area contributed by atoms with Gasteiger partial charge in [0.15, 0.2) is 9.84 Å². The van der Waals surface area contributed by atoms with Crippen molar-refractivity contribution in [1.82, 2.24) is 4.90 Å². The Labute approximate surface area is 171 Å². The Balaban J connectivity index is 1.58. The summed E-state index contributed by atoms with van der Waals surface area (Å²) in [5.74, 6) is 0.883. The third-order valence-corrected chi connectivity index (χ3v) is 7.85. The summed E-state index contributed by atoms with van der Waals surface area (Å²) in [4.78, 5) is 14.6. The summed E-state index contributed by atoms with van der Waals surface area (Å²) in [7, 11) is -3.10. The first-order chi connectivity index (χ1) is 12.8. The van der Waals surface area contributed by atoms with E-state index in [2.05, 4.69) is 0 Å². The van der Waals surface area contributed by atoms with E-state index in [1.165, 1.54) is 4.90 Å². The van der Waals surface area contributed by atoms with Crippen molar-refractivity contribution in [2.24, 2.45) is 0 Å². The van der Waals surface area contributed by atoms with Crippen LogP contribution in [0.15, 0.2) is 45.7 Å². The van der Waals surface area contributed by atoms with Crippen LogP contribution in [0.3, 0.4) is 0 Å². The number of carbonyl (C=O) groups is 1. The number of rotatable bonds is 3. The van der Waals surface area contributed by atoms with Gasteiger partial charge in [-0.1, -0.05) is 47.7 Å². The molecule has 27 heavy (non-hydrogen) atoms. The van der Waals surface area contributed by atoms with Crippen molar-refractivity contribution in [3.63, 3.8) is 0 Å². The first-order valence-electron chi connectivity index (χ1n) is 8.16. The van der Waals surface area contributed by atoms with Crippen molar-refractivity contribution in [3.05, 3.63) is 52.1 Å². The zero-order valence-corrected chi connectivity index (χ0v) is 17.1. The molecule has 0 saturated carbocycles. The third-order valence-electron chi connectivity index (χ3n) is 4.44. The largest absolute Gasteiger partial charge is 0.457 e. The number of halogens is 1. The van der Waals surface area contributed by atoms with E-state index in [0.717, 1.165) is 17.3 Å². The molecule has 0 unspecified atom stereocenters. The van der Waals surface area contributed by atoms with E-state index in [4.69, 9.17) is 28.2 Å². The standard InChI is InChI=1S/C18H14ClNO4S3/c19-14-4-2-1-3-13(14)15-6-5-12(24-15)9-16-17(21)20(18(25)26-16)11-7-8-27(22,23)10-11/h1-6,9,11H,7-8,10H2/b16-9+/t11-/m0/s1. The van der Waals surface area contributed by atoms with Gasteiger partial charge in [0.25, 0.3) is 5.91 Å². The molecule has 0 spiro atoms. The van der Waals surface area contributed by atoms with Gasteiger partial charge in [0.2, 0.25) is 0 Å². The van der Waals surface area contributed by atoms with Crippen LogP contribution in [0.1, 0.15) is 12.2 Å². The predicted molar refractivity (Wildman–Crippen MR) is 111 cm³/mol. The first kappa shape index (κ1) is 18.7. The molecule has 0 N–H and O–H groups in total. The minimum Gasteiger partial charge on any atom is -0.457 e. The van der Waals surface area contributed by atoms with Crippen LogP contribution in [0.5, 0.6) is 0 Å². The number of hydrogen-bond acceptors (Lipinski definition) is 6. The van der Waals surface area contributed by atoms with Crippen LogP contribution in [-0.4, -0.2) is 41.1 Å². The van der Waals surface area contributed by atoms with Gasteiger partial charge in [-0.05, 0) is 30.7 Å². The second-order valence-electron chi connectivity index (χ2n) is 6.29. The molecule has 2 aromatic rings.